The number of para-hydroxylation sites is 1. The minimum atomic E-state index is -0.0353. The van der Waals surface area contributed by atoms with E-state index in [2.05, 4.69) is 0 Å². The van der Waals surface area contributed by atoms with Gasteiger partial charge >= 0.3 is 0 Å². The lowest BCUT2D eigenvalue weighted by Gasteiger charge is -2.11. The molecule has 2 aromatic rings. The second-order valence-electron chi connectivity index (χ2n) is 3.82. The number of rotatable bonds is 4. The predicted molar refractivity (Wildman–Crippen MR) is 76.2 cm³/mol. The first-order chi connectivity index (χ1) is 9.15. The second kappa shape index (κ2) is 5.75. The van der Waals surface area contributed by atoms with E-state index in [-0.39, 0.29) is 11.4 Å². The molecule has 0 amide bonds. The average Bonchev–Trinajstić information content (AvgIpc) is 2.43. The highest BCUT2D eigenvalue weighted by molar-refractivity contribution is 7.99. The van der Waals surface area contributed by atoms with Gasteiger partial charge in [-0.1, -0.05) is 23.9 Å². The largest absolute Gasteiger partial charge is 0.503 e. The van der Waals surface area contributed by atoms with Gasteiger partial charge in [0, 0.05) is 4.90 Å². The Bertz CT molecular complexity index is 587. The van der Waals surface area contributed by atoms with Crippen molar-refractivity contribution in [2.45, 2.75) is 9.79 Å². The molecule has 5 heteroatoms. The first kappa shape index (κ1) is 13.4. The van der Waals surface area contributed by atoms with E-state index in [1.54, 1.807) is 19.2 Å². The maximum absolute atomic E-state index is 9.70. The molecule has 0 aromatic heterocycles. The van der Waals surface area contributed by atoms with Gasteiger partial charge in [0.05, 0.1) is 24.8 Å². The molecule has 0 aliphatic heterocycles. The molecule has 3 N–H and O–H groups in total. The topological polar surface area (TPSA) is 64.7 Å². The third-order valence-electron chi connectivity index (χ3n) is 2.59. The lowest BCUT2D eigenvalue weighted by molar-refractivity contribution is 0.373. The zero-order chi connectivity index (χ0) is 13.8. The number of nitrogens with two attached hydrogens (primary N) is 1. The molecule has 4 nitrogen and oxygen atoms in total. The molecule has 0 fully saturated rings. The number of nitrogen functional groups attached to an aromatic ring is 1. The molecule has 2 aromatic carbocycles. The summed E-state index contributed by atoms with van der Waals surface area (Å²) in [4.78, 5) is 1.84. The maximum atomic E-state index is 9.70. The molecule has 0 bridgehead atoms. The van der Waals surface area contributed by atoms with Crippen molar-refractivity contribution in [2.75, 3.05) is 20.0 Å². The Morgan fingerprint density at radius 1 is 1.05 bits per heavy atom. The fourth-order valence-electron chi connectivity index (χ4n) is 1.65. The number of hydrogen-bond donors (Lipinski definition) is 2. The van der Waals surface area contributed by atoms with Gasteiger partial charge in [-0.2, -0.15) is 0 Å². The molecule has 0 radical (unpaired) electrons. The zero-order valence-electron chi connectivity index (χ0n) is 10.7. The standard InChI is InChI=1S/C14H15NO3S/c1-17-11-5-3-4-6-13(11)19-9-7-10(15)14(16)12(8-9)18-2/h3-8,16H,15H2,1-2H3. The number of anilines is 1. The van der Waals surface area contributed by atoms with Crippen molar-refractivity contribution in [1.29, 1.82) is 0 Å². The van der Waals surface area contributed by atoms with Gasteiger partial charge in [-0.15, -0.1) is 0 Å². The lowest BCUT2D eigenvalue weighted by atomic mass is 10.3. The molecule has 0 saturated heterocycles. The van der Waals surface area contributed by atoms with E-state index in [0.717, 1.165) is 15.5 Å². The fraction of sp³-hybridized carbons (Fsp3) is 0.143. The first-order valence-corrected chi connectivity index (χ1v) is 6.44. The van der Waals surface area contributed by atoms with Gasteiger partial charge in [0.15, 0.2) is 11.5 Å². The van der Waals surface area contributed by atoms with E-state index in [0.29, 0.717) is 5.75 Å². The Labute approximate surface area is 116 Å². The quantitative estimate of drug-likeness (QED) is 0.664. The summed E-state index contributed by atoms with van der Waals surface area (Å²) in [6.07, 6.45) is 0. The summed E-state index contributed by atoms with van der Waals surface area (Å²) < 4.78 is 10.4. The number of phenolic OH excluding ortho intramolecular Hbond substituents is 1. The Hall–Kier alpha value is -2.01. The van der Waals surface area contributed by atoms with E-state index in [4.69, 9.17) is 15.2 Å². The predicted octanol–water partition coefficient (Wildman–Crippen LogP) is 3.14. The van der Waals surface area contributed by atoms with Crippen LogP contribution < -0.4 is 15.2 Å². The van der Waals surface area contributed by atoms with Crippen LogP contribution in [0.3, 0.4) is 0 Å². The number of aromatic hydroxyl groups is 1. The second-order valence-corrected chi connectivity index (χ2v) is 4.93. The summed E-state index contributed by atoms with van der Waals surface area (Å²) >= 11 is 1.50. The van der Waals surface area contributed by atoms with Crippen molar-refractivity contribution < 1.29 is 14.6 Å². The van der Waals surface area contributed by atoms with Gasteiger partial charge < -0.3 is 20.3 Å². The van der Waals surface area contributed by atoms with Gasteiger partial charge in [-0.05, 0) is 24.3 Å². The fourth-order valence-corrected chi connectivity index (χ4v) is 2.65. The Kier molecular flexibility index (Phi) is 4.06. The summed E-state index contributed by atoms with van der Waals surface area (Å²) in [5.41, 5.74) is 6.04. The minimum Gasteiger partial charge on any atom is -0.503 e. The van der Waals surface area contributed by atoms with E-state index >= 15 is 0 Å². The monoisotopic (exact) mass is 277 g/mol. The highest BCUT2D eigenvalue weighted by Crippen LogP contribution is 2.41. The molecule has 0 atom stereocenters. The van der Waals surface area contributed by atoms with Gasteiger partial charge in [-0.25, -0.2) is 0 Å². The SMILES string of the molecule is COc1ccccc1Sc1cc(N)c(O)c(OC)c1. The van der Waals surface area contributed by atoms with Crippen LogP contribution in [-0.4, -0.2) is 19.3 Å². The smallest absolute Gasteiger partial charge is 0.181 e. The van der Waals surface area contributed by atoms with Crippen LogP contribution in [0.2, 0.25) is 0 Å². The number of hydrogen-bond acceptors (Lipinski definition) is 5. The Morgan fingerprint density at radius 2 is 1.74 bits per heavy atom. The molecule has 0 spiro atoms. The molecule has 2 rings (SSSR count). The molecule has 19 heavy (non-hydrogen) atoms. The molecule has 100 valence electrons. The summed E-state index contributed by atoms with van der Waals surface area (Å²) in [5, 5.41) is 9.70. The van der Waals surface area contributed by atoms with Crippen LogP contribution in [-0.2, 0) is 0 Å². The highest BCUT2D eigenvalue weighted by atomic mass is 32.2. The van der Waals surface area contributed by atoms with Crippen molar-refractivity contribution in [3.05, 3.63) is 36.4 Å². The van der Waals surface area contributed by atoms with Gasteiger partial charge in [0.2, 0.25) is 0 Å². The first-order valence-electron chi connectivity index (χ1n) is 5.63. The van der Waals surface area contributed by atoms with E-state index < -0.39 is 0 Å². The normalized spacial score (nSPS) is 10.2. The maximum Gasteiger partial charge on any atom is 0.181 e. The molecule has 0 aliphatic carbocycles. The van der Waals surface area contributed by atoms with Crippen molar-refractivity contribution in [2.24, 2.45) is 0 Å². The van der Waals surface area contributed by atoms with Crippen LogP contribution in [0.25, 0.3) is 0 Å². The molecule has 0 unspecified atom stereocenters. The number of benzene rings is 2. The lowest BCUT2D eigenvalue weighted by Crippen LogP contribution is -1.91. The Balaban J connectivity index is 2.36. The minimum absolute atomic E-state index is 0.0353. The summed E-state index contributed by atoms with van der Waals surface area (Å²) in [7, 11) is 3.12. The van der Waals surface area contributed by atoms with Crippen molar-refractivity contribution in [3.8, 4) is 17.2 Å². The Morgan fingerprint density at radius 3 is 2.42 bits per heavy atom. The molecule has 0 aliphatic rings. The van der Waals surface area contributed by atoms with Crippen LogP contribution in [0.1, 0.15) is 0 Å². The summed E-state index contributed by atoms with van der Waals surface area (Å²) in [6, 6.07) is 11.1. The number of ether oxygens (including phenoxy) is 2. The van der Waals surface area contributed by atoms with Crippen LogP contribution in [0.4, 0.5) is 5.69 Å². The number of methoxy groups -OCH3 is 2. The molecule has 0 saturated carbocycles. The van der Waals surface area contributed by atoms with Crippen molar-refractivity contribution >= 4 is 17.4 Å². The van der Waals surface area contributed by atoms with Gasteiger partial charge in [-0.3, -0.25) is 0 Å². The van der Waals surface area contributed by atoms with Crippen LogP contribution in [0, 0.1) is 0 Å². The van der Waals surface area contributed by atoms with Crippen molar-refractivity contribution in [3.63, 3.8) is 0 Å². The zero-order valence-corrected chi connectivity index (χ0v) is 11.5. The third kappa shape index (κ3) is 2.88. The summed E-state index contributed by atoms with van der Waals surface area (Å²) in [6.45, 7) is 0. The van der Waals surface area contributed by atoms with Gasteiger partial charge in [0.1, 0.15) is 5.75 Å². The van der Waals surface area contributed by atoms with Crippen LogP contribution in [0.15, 0.2) is 46.2 Å². The van der Waals surface area contributed by atoms with Gasteiger partial charge in [0.25, 0.3) is 0 Å². The van der Waals surface area contributed by atoms with Crippen LogP contribution in [0.5, 0.6) is 17.2 Å². The summed E-state index contributed by atoms with van der Waals surface area (Å²) in [5.74, 6) is 1.11. The average molecular weight is 277 g/mol. The number of phenols is 1. The highest BCUT2D eigenvalue weighted by Gasteiger charge is 2.10. The van der Waals surface area contributed by atoms with E-state index in [9.17, 15) is 5.11 Å². The third-order valence-corrected chi connectivity index (χ3v) is 3.62. The molecular weight excluding hydrogens is 262 g/mol. The van der Waals surface area contributed by atoms with E-state index in [1.165, 1.54) is 18.9 Å². The molecular formula is C14H15NO3S. The van der Waals surface area contributed by atoms with Crippen LogP contribution >= 0.6 is 11.8 Å². The molecule has 0 heterocycles. The van der Waals surface area contributed by atoms with E-state index in [1.807, 2.05) is 24.3 Å². The van der Waals surface area contributed by atoms with Crippen molar-refractivity contribution in [1.82, 2.24) is 0 Å².